The monoisotopic (exact) mass is 358 g/mol. The quantitative estimate of drug-likeness (QED) is 0.649. The lowest BCUT2D eigenvalue weighted by Gasteiger charge is -2.37. The summed E-state index contributed by atoms with van der Waals surface area (Å²) in [7, 11) is -1.38. The van der Waals surface area contributed by atoms with E-state index in [9.17, 15) is 8.42 Å². The van der Waals surface area contributed by atoms with Crippen LogP contribution >= 0.6 is 11.3 Å². The Hall–Kier alpha value is -1.28. The molecule has 0 spiro atoms. The number of hydrogen-bond donors (Lipinski definition) is 1. The lowest BCUT2D eigenvalue weighted by atomic mass is 10.2. The minimum Gasteiger partial charge on any atom is -0.360 e. The Morgan fingerprint density at radius 1 is 1.35 bits per heavy atom. The standard InChI is InChI=1S/C15H26N4O2S2/c1-15(2,23(4,20)21)12-17-14(16-3)19-9-7-18(8-10-19)13-6-5-11-22-13/h5-6,11H,7-10,12H2,1-4H3,(H,16,17). The molecule has 1 aromatic heterocycles. The number of sulfone groups is 1. The van der Waals surface area contributed by atoms with Crippen LogP contribution in [0.1, 0.15) is 13.8 Å². The van der Waals surface area contributed by atoms with Crippen LogP contribution in [0.4, 0.5) is 5.00 Å². The molecule has 0 bridgehead atoms. The van der Waals surface area contributed by atoms with Gasteiger partial charge in [-0.05, 0) is 31.4 Å². The minimum atomic E-state index is -3.12. The van der Waals surface area contributed by atoms with Gasteiger partial charge in [0.2, 0.25) is 0 Å². The highest BCUT2D eigenvalue weighted by molar-refractivity contribution is 7.92. The van der Waals surface area contributed by atoms with E-state index in [1.807, 2.05) is 0 Å². The van der Waals surface area contributed by atoms with E-state index in [1.54, 1.807) is 32.2 Å². The Morgan fingerprint density at radius 2 is 2.00 bits per heavy atom. The third kappa shape index (κ3) is 4.38. The van der Waals surface area contributed by atoms with E-state index in [-0.39, 0.29) is 0 Å². The van der Waals surface area contributed by atoms with E-state index < -0.39 is 14.6 Å². The van der Waals surface area contributed by atoms with Crippen molar-refractivity contribution in [1.82, 2.24) is 10.2 Å². The summed E-state index contributed by atoms with van der Waals surface area (Å²) in [5, 5.41) is 6.61. The summed E-state index contributed by atoms with van der Waals surface area (Å²) in [6.07, 6.45) is 1.28. The second-order valence-electron chi connectivity index (χ2n) is 6.36. The maximum Gasteiger partial charge on any atom is 0.193 e. The van der Waals surface area contributed by atoms with Gasteiger partial charge < -0.3 is 15.1 Å². The number of piperazine rings is 1. The van der Waals surface area contributed by atoms with Gasteiger partial charge in [0, 0.05) is 46.0 Å². The Morgan fingerprint density at radius 3 is 2.48 bits per heavy atom. The van der Waals surface area contributed by atoms with E-state index in [4.69, 9.17) is 0 Å². The highest BCUT2D eigenvalue weighted by atomic mass is 32.2. The largest absolute Gasteiger partial charge is 0.360 e. The van der Waals surface area contributed by atoms with Crippen LogP contribution in [0.15, 0.2) is 22.5 Å². The molecule has 1 N–H and O–H groups in total. The third-order valence-electron chi connectivity index (χ3n) is 4.28. The molecule has 130 valence electrons. The topological polar surface area (TPSA) is 65.0 Å². The van der Waals surface area contributed by atoms with E-state index >= 15 is 0 Å². The molecule has 1 aromatic rings. The van der Waals surface area contributed by atoms with Gasteiger partial charge >= 0.3 is 0 Å². The van der Waals surface area contributed by atoms with Gasteiger partial charge in [0.25, 0.3) is 0 Å². The van der Waals surface area contributed by atoms with Gasteiger partial charge in [0.1, 0.15) is 0 Å². The number of thiophene rings is 1. The molecule has 6 nitrogen and oxygen atoms in total. The van der Waals surface area contributed by atoms with Crippen molar-refractivity contribution in [3.8, 4) is 0 Å². The molecule has 2 rings (SSSR count). The van der Waals surface area contributed by atoms with Crippen LogP contribution in [0.2, 0.25) is 0 Å². The predicted octanol–water partition coefficient (Wildman–Crippen LogP) is 1.27. The molecule has 0 aromatic carbocycles. The zero-order valence-electron chi connectivity index (χ0n) is 14.2. The molecule has 0 radical (unpaired) electrons. The summed E-state index contributed by atoms with van der Waals surface area (Å²) in [4.78, 5) is 8.86. The van der Waals surface area contributed by atoms with Gasteiger partial charge in [-0.15, -0.1) is 11.3 Å². The first-order chi connectivity index (χ1) is 10.7. The molecule has 0 atom stereocenters. The number of guanidine groups is 1. The fourth-order valence-corrected chi connectivity index (χ4v) is 3.46. The number of rotatable bonds is 4. The summed E-state index contributed by atoms with van der Waals surface area (Å²) >= 11 is 1.76. The molecule has 0 aliphatic carbocycles. The van der Waals surface area contributed by atoms with Crippen molar-refractivity contribution < 1.29 is 8.42 Å². The van der Waals surface area contributed by atoms with Crippen LogP contribution in [-0.4, -0.2) is 70.1 Å². The lowest BCUT2D eigenvalue weighted by molar-refractivity contribution is 0.371. The Bertz CT molecular complexity index is 630. The summed E-state index contributed by atoms with van der Waals surface area (Å²) in [6, 6.07) is 4.21. The van der Waals surface area contributed by atoms with Crippen molar-refractivity contribution in [2.75, 3.05) is 50.9 Å². The van der Waals surface area contributed by atoms with Crippen LogP contribution in [0.3, 0.4) is 0 Å². The average molecular weight is 359 g/mol. The summed E-state index contributed by atoms with van der Waals surface area (Å²) < 4.78 is 22.8. The van der Waals surface area contributed by atoms with Crippen LogP contribution in [0, 0.1) is 0 Å². The zero-order chi connectivity index (χ0) is 17.1. The van der Waals surface area contributed by atoms with Crippen molar-refractivity contribution >= 4 is 32.1 Å². The molecule has 1 aliphatic heterocycles. The molecule has 8 heteroatoms. The van der Waals surface area contributed by atoms with E-state index in [0.717, 1.165) is 32.1 Å². The van der Waals surface area contributed by atoms with Crippen molar-refractivity contribution in [2.24, 2.45) is 4.99 Å². The van der Waals surface area contributed by atoms with Crippen molar-refractivity contribution in [1.29, 1.82) is 0 Å². The van der Waals surface area contributed by atoms with Crippen molar-refractivity contribution in [2.45, 2.75) is 18.6 Å². The summed E-state index contributed by atoms with van der Waals surface area (Å²) in [5.41, 5.74) is 0. The molecular formula is C15H26N4O2S2. The van der Waals surface area contributed by atoms with E-state index in [0.29, 0.717) is 6.54 Å². The molecule has 1 aliphatic rings. The molecule has 1 fully saturated rings. The zero-order valence-corrected chi connectivity index (χ0v) is 15.9. The summed E-state index contributed by atoms with van der Waals surface area (Å²) in [5.74, 6) is 0.771. The van der Waals surface area contributed by atoms with Crippen molar-refractivity contribution in [3.63, 3.8) is 0 Å². The van der Waals surface area contributed by atoms with E-state index in [2.05, 4.69) is 37.6 Å². The Balaban J connectivity index is 1.91. The second-order valence-corrected chi connectivity index (χ2v) is 9.93. The maximum atomic E-state index is 11.8. The van der Waals surface area contributed by atoms with Gasteiger partial charge in [0.05, 0.1) is 9.75 Å². The summed E-state index contributed by atoms with van der Waals surface area (Å²) in [6.45, 7) is 7.44. The smallest absolute Gasteiger partial charge is 0.193 e. The fourth-order valence-electron chi connectivity index (χ4n) is 2.34. The average Bonchev–Trinajstić information content (AvgIpc) is 3.01. The predicted molar refractivity (Wildman–Crippen MR) is 98.4 cm³/mol. The number of nitrogens with one attached hydrogen (secondary N) is 1. The number of nitrogens with zero attached hydrogens (tertiary/aromatic N) is 3. The van der Waals surface area contributed by atoms with Gasteiger partial charge in [-0.1, -0.05) is 0 Å². The molecular weight excluding hydrogens is 332 g/mol. The van der Waals surface area contributed by atoms with Crippen LogP contribution in [0.5, 0.6) is 0 Å². The molecule has 0 unspecified atom stereocenters. The molecule has 0 saturated carbocycles. The number of anilines is 1. The third-order valence-corrected chi connectivity index (χ3v) is 7.37. The highest BCUT2D eigenvalue weighted by Crippen LogP contribution is 2.22. The van der Waals surface area contributed by atoms with Gasteiger partial charge in [-0.3, -0.25) is 4.99 Å². The lowest BCUT2D eigenvalue weighted by Crippen LogP contribution is -2.54. The normalized spacial score (nSPS) is 17.5. The SMILES string of the molecule is CN=C(NCC(C)(C)S(C)(=O)=O)N1CCN(c2cccs2)CC1. The van der Waals surface area contributed by atoms with Gasteiger partial charge in [0.15, 0.2) is 15.8 Å². The first-order valence-electron chi connectivity index (χ1n) is 7.68. The number of hydrogen-bond acceptors (Lipinski definition) is 5. The fraction of sp³-hybridized carbons (Fsp3) is 0.667. The molecule has 1 saturated heterocycles. The van der Waals surface area contributed by atoms with Crippen molar-refractivity contribution in [3.05, 3.63) is 17.5 Å². The first-order valence-corrected chi connectivity index (χ1v) is 10.5. The highest BCUT2D eigenvalue weighted by Gasteiger charge is 2.31. The Kier molecular flexibility index (Phi) is 5.57. The first kappa shape index (κ1) is 18.1. The Labute approximate surface area is 143 Å². The second kappa shape index (κ2) is 7.09. The molecule has 23 heavy (non-hydrogen) atoms. The van der Waals surface area contributed by atoms with Crippen LogP contribution in [-0.2, 0) is 9.84 Å². The maximum absolute atomic E-state index is 11.8. The van der Waals surface area contributed by atoms with E-state index in [1.165, 1.54) is 11.3 Å². The van der Waals surface area contributed by atoms with Crippen LogP contribution in [0.25, 0.3) is 0 Å². The number of aliphatic imine (C=N–C) groups is 1. The molecule has 0 amide bonds. The molecule has 2 heterocycles. The van der Waals surface area contributed by atoms with Gasteiger partial charge in [-0.2, -0.15) is 0 Å². The minimum absolute atomic E-state index is 0.351. The van der Waals surface area contributed by atoms with Gasteiger partial charge in [-0.25, -0.2) is 8.42 Å². The van der Waals surface area contributed by atoms with Crippen LogP contribution < -0.4 is 10.2 Å².